The maximum atomic E-state index is 13.7. The number of carbonyl (C=O) groups is 2. The van der Waals surface area contributed by atoms with Gasteiger partial charge in [0.2, 0.25) is 5.91 Å². The van der Waals surface area contributed by atoms with Crippen molar-refractivity contribution in [2.75, 3.05) is 6.61 Å². The van der Waals surface area contributed by atoms with Gasteiger partial charge >= 0.3 is 0 Å². The summed E-state index contributed by atoms with van der Waals surface area (Å²) < 4.78 is 5.95. The van der Waals surface area contributed by atoms with Gasteiger partial charge in [0.25, 0.3) is 5.91 Å². The van der Waals surface area contributed by atoms with Gasteiger partial charge in [-0.1, -0.05) is 78.7 Å². The van der Waals surface area contributed by atoms with Gasteiger partial charge < -0.3 is 15.0 Å². The quantitative estimate of drug-likeness (QED) is 0.300. The smallest absolute Gasteiger partial charge is 0.261 e. The Morgan fingerprint density at radius 1 is 1.00 bits per heavy atom. The van der Waals surface area contributed by atoms with Crippen molar-refractivity contribution >= 4 is 35.0 Å². The SMILES string of the molecule is CCC(C)NC(=O)C(Cc1ccccc1)N(Cc1ccc(Cl)cc1Cl)C(=O)COc1cccc(C)c1C. The van der Waals surface area contributed by atoms with Crippen LogP contribution in [0.4, 0.5) is 0 Å². The predicted octanol–water partition coefficient (Wildman–Crippen LogP) is 6.54. The van der Waals surface area contributed by atoms with E-state index in [4.69, 9.17) is 27.9 Å². The highest BCUT2D eigenvalue weighted by molar-refractivity contribution is 6.35. The number of benzene rings is 3. The van der Waals surface area contributed by atoms with Gasteiger partial charge in [-0.15, -0.1) is 0 Å². The first-order valence-electron chi connectivity index (χ1n) is 12.5. The summed E-state index contributed by atoms with van der Waals surface area (Å²) in [5, 5.41) is 3.99. The standard InChI is InChI=1S/C30H34Cl2N2O3/c1-5-21(3)33-30(36)27(16-23-11-7-6-8-12-23)34(18-24-14-15-25(31)17-26(24)32)29(35)19-37-28-13-9-10-20(2)22(28)4/h6-15,17,21,27H,5,16,18-19H2,1-4H3,(H,33,36). The molecule has 0 aliphatic rings. The molecule has 0 saturated heterocycles. The van der Waals surface area contributed by atoms with Gasteiger partial charge in [0.05, 0.1) is 0 Å². The second-order valence-corrected chi connectivity index (χ2v) is 10.1. The molecule has 0 radical (unpaired) electrons. The Kier molecular flexibility index (Phi) is 10.4. The van der Waals surface area contributed by atoms with E-state index >= 15 is 0 Å². The van der Waals surface area contributed by atoms with Gasteiger partial charge in [0.1, 0.15) is 11.8 Å². The number of hydrogen-bond donors (Lipinski definition) is 1. The molecule has 0 saturated carbocycles. The lowest BCUT2D eigenvalue weighted by atomic mass is 10.0. The number of hydrogen-bond acceptors (Lipinski definition) is 3. The molecule has 2 unspecified atom stereocenters. The number of amides is 2. The zero-order chi connectivity index (χ0) is 26.9. The van der Waals surface area contributed by atoms with E-state index in [0.29, 0.717) is 27.8 Å². The zero-order valence-corrected chi connectivity index (χ0v) is 23.3. The second-order valence-electron chi connectivity index (χ2n) is 9.27. The van der Waals surface area contributed by atoms with Gasteiger partial charge in [-0.25, -0.2) is 0 Å². The summed E-state index contributed by atoms with van der Waals surface area (Å²) in [6.07, 6.45) is 1.13. The average molecular weight is 542 g/mol. The fourth-order valence-corrected chi connectivity index (χ4v) is 4.40. The van der Waals surface area contributed by atoms with Crippen molar-refractivity contribution in [2.24, 2.45) is 0 Å². The number of halogens is 2. The van der Waals surface area contributed by atoms with Crippen LogP contribution < -0.4 is 10.1 Å². The maximum Gasteiger partial charge on any atom is 0.261 e. The maximum absolute atomic E-state index is 13.7. The number of aryl methyl sites for hydroxylation is 1. The molecule has 0 spiro atoms. The number of ether oxygens (including phenoxy) is 1. The molecular weight excluding hydrogens is 507 g/mol. The fourth-order valence-electron chi connectivity index (χ4n) is 3.93. The largest absolute Gasteiger partial charge is 0.483 e. The van der Waals surface area contributed by atoms with Crippen LogP contribution in [0.5, 0.6) is 5.75 Å². The Balaban J connectivity index is 1.96. The summed E-state index contributed by atoms with van der Waals surface area (Å²) in [5.41, 5.74) is 3.69. The average Bonchev–Trinajstić information content (AvgIpc) is 2.88. The van der Waals surface area contributed by atoms with E-state index in [0.717, 1.165) is 23.1 Å². The molecule has 2 atom stereocenters. The van der Waals surface area contributed by atoms with Crippen LogP contribution in [-0.4, -0.2) is 35.4 Å². The molecule has 3 rings (SSSR count). The van der Waals surface area contributed by atoms with Crippen molar-refractivity contribution in [3.63, 3.8) is 0 Å². The lowest BCUT2D eigenvalue weighted by molar-refractivity contribution is -0.143. The molecule has 0 fully saturated rings. The molecule has 1 N–H and O–H groups in total. The van der Waals surface area contributed by atoms with Crippen LogP contribution in [0, 0.1) is 13.8 Å². The highest BCUT2D eigenvalue weighted by Gasteiger charge is 2.31. The summed E-state index contributed by atoms with van der Waals surface area (Å²) in [4.78, 5) is 28.9. The molecule has 2 amide bonds. The molecule has 7 heteroatoms. The third-order valence-corrected chi connectivity index (χ3v) is 7.12. The summed E-state index contributed by atoms with van der Waals surface area (Å²) in [6, 6.07) is 19.7. The van der Waals surface area contributed by atoms with Crippen LogP contribution in [0.1, 0.15) is 42.5 Å². The number of nitrogens with zero attached hydrogens (tertiary/aromatic N) is 1. The van der Waals surface area contributed by atoms with Gasteiger partial charge in [-0.05, 0) is 67.6 Å². The van der Waals surface area contributed by atoms with Crippen LogP contribution >= 0.6 is 23.2 Å². The minimum Gasteiger partial charge on any atom is -0.483 e. The third kappa shape index (κ3) is 7.98. The lowest BCUT2D eigenvalue weighted by Crippen LogP contribution is -2.53. The van der Waals surface area contributed by atoms with Crippen LogP contribution in [0.25, 0.3) is 0 Å². The molecule has 37 heavy (non-hydrogen) atoms. The number of rotatable bonds is 11. The van der Waals surface area contributed by atoms with Crippen molar-refractivity contribution in [3.05, 3.63) is 99.0 Å². The van der Waals surface area contributed by atoms with Crippen LogP contribution in [0.2, 0.25) is 10.0 Å². The first-order valence-corrected chi connectivity index (χ1v) is 13.2. The summed E-state index contributed by atoms with van der Waals surface area (Å²) >= 11 is 12.6. The number of carbonyl (C=O) groups excluding carboxylic acids is 2. The van der Waals surface area contributed by atoms with Crippen LogP contribution in [0.3, 0.4) is 0 Å². The molecule has 0 bridgehead atoms. The van der Waals surface area contributed by atoms with Crippen molar-refractivity contribution in [2.45, 2.75) is 59.2 Å². The third-order valence-electron chi connectivity index (χ3n) is 6.53. The van der Waals surface area contributed by atoms with Crippen LogP contribution in [0.15, 0.2) is 66.7 Å². The summed E-state index contributed by atoms with van der Waals surface area (Å²) in [7, 11) is 0. The molecule has 0 aliphatic heterocycles. The fraction of sp³-hybridized carbons (Fsp3) is 0.333. The Morgan fingerprint density at radius 3 is 2.41 bits per heavy atom. The second kappa shape index (κ2) is 13.5. The molecule has 3 aromatic carbocycles. The van der Waals surface area contributed by atoms with E-state index in [-0.39, 0.29) is 31.0 Å². The monoisotopic (exact) mass is 540 g/mol. The number of nitrogens with one attached hydrogen (secondary N) is 1. The summed E-state index contributed by atoms with van der Waals surface area (Å²) in [6.45, 7) is 7.83. The first kappa shape index (κ1) is 28.5. The van der Waals surface area contributed by atoms with E-state index in [1.165, 1.54) is 0 Å². The Labute approximate surface area is 229 Å². The summed E-state index contributed by atoms with van der Waals surface area (Å²) in [5.74, 6) is 0.108. The highest BCUT2D eigenvalue weighted by Crippen LogP contribution is 2.25. The Bertz CT molecular complexity index is 1220. The predicted molar refractivity (Wildman–Crippen MR) is 150 cm³/mol. The highest BCUT2D eigenvalue weighted by atomic mass is 35.5. The molecular formula is C30H34Cl2N2O3. The lowest BCUT2D eigenvalue weighted by Gasteiger charge is -2.32. The minimum atomic E-state index is -0.766. The van der Waals surface area contributed by atoms with E-state index in [1.54, 1.807) is 23.1 Å². The molecule has 0 aromatic heterocycles. The Hall–Kier alpha value is -3.02. The van der Waals surface area contributed by atoms with Crippen molar-refractivity contribution < 1.29 is 14.3 Å². The Morgan fingerprint density at radius 2 is 1.73 bits per heavy atom. The van der Waals surface area contributed by atoms with Crippen LogP contribution in [-0.2, 0) is 22.6 Å². The van der Waals surface area contributed by atoms with E-state index in [1.807, 2.05) is 76.2 Å². The zero-order valence-electron chi connectivity index (χ0n) is 21.8. The molecule has 5 nitrogen and oxygen atoms in total. The van der Waals surface area contributed by atoms with Crippen molar-refractivity contribution in [1.82, 2.24) is 10.2 Å². The van der Waals surface area contributed by atoms with Crippen molar-refractivity contribution in [1.29, 1.82) is 0 Å². The van der Waals surface area contributed by atoms with E-state index in [9.17, 15) is 9.59 Å². The topological polar surface area (TPSA) is 58.6 Å². The normalized spacial score (nSPS) is 12.5. The minimum absolute atomic E-state index is 0.0342. The molecule has 3 aromatic rings. The van der Waals surface area contributed by atoms with Gasteiger partial charge in [-0.3, -0.25) is 9.59 Å². The molecule has 196 valence electrons. The molecule has 0 aliphatic carbocycles. The molecule has 0 heterocycles. The van der Waals surface area contributed by atoms with Gasteiger partial charge in [-0.2, -0.15) is 0 Å². The van der Waals surface area contributed by atoms with E-state index < -0.39 is 6.04 Å². The van der Waals surface area contributed by atoms with E-state index in [2.05, 4.69) is 5.32 Å². The first-order chi connectivity index (χ1) is 17.7. The van der Waals surface area contributed by atoms with Gasteiger partial charge in [0, 0.05) is 29.1 Å². The van der Waals surface area contributed by atoms with Crippen molar-refractivity contribution in [3.8, 4) is 5.75 Å². The van der Waals surface area contributed by atoms with Gasteiger partial charge in [0.15, 0.2) is 6.61 Å².